The quantitative estimate of drug-likeness (QED) is 0.207. The van der Waals surface area contributed by atoms with Crippen molar-refractivity contribution in [2.45, 2.75) is 37.3 Å². The fourth-order valence-corrected chi connectivity index (χ4v) is 5.54. The summed E-state index contributed by atoms with van der Waals surface area (Å²) in [7, 11) is -3.58. The van der Waals surface area contributed by atoms with Crippen LogP contribution in [0, 0.1) is 18.3 Å². The van der Waals surface area contributed by atoms with Crippen LogP contribution >= 0.6 is 11.6 Å². The molecule has 0 bridgehead atoms. The number of fused-ring (bicyclic) bond motifs is 1. The molecule has 0 saturated carbocycles. The van der Waals surface area contributed by atoms with E-state index in [1.165, 1.54) is 43.3 Å². The molecular formula is C27H21ClF3N3O3S. The van der Waals surface area contributed by atoms with Crippen molar-refractivity contribution >= 4 is 32.3 Å². The van der Waals surface area contributed by atoms with E-state index >= 15 is 0 Å². The SMILES string of the molecule is Cc1nc(-c2cc(Oc3cccc(S(=O)(=O)CCCCC#N)c3)ccc2Cl)c2cccc(C(F)(F)F)c2n1. The first-order chi connectivity index (χ1) is 18.0. The number of ether oxygens (including phenoxy) is 1. The van der Waals surface area contributed by atoms with Crippen molar-refractivity contribution in [2.75, 3.05) is 5.75 Å². The van der Waals surface area contributed by atoms with E-state index in [1.54, 1.807) is 18.2 Å². The summed E-state index contributed by atoms with van der Waals surface area (Å²) in [4.78, 5) is 8.49. The smallest absolute Gasteiger partial charge is 0.418 e. The number of sulfone groups is 1. The third-order valence-corrected chi connectivity index (χ3v) is 7.82. The normalized spacial score (nSPS) is 11.9. The summed E-state index contributed by atoms with van der Waals surface area (Å²) in [5, 5.41) is 9.05. The number of para-hydroxylation sites is 1. The molecule has 0 unspecified atom stereocenters. The number of alkyl halides is 3. The molecule has 0 spiro atoms. The summed E-state index contributed by atoms with van der Waals surface area (Å²) >= 11 is 6.43. The number of halogens is 4. The zero-order chi connectivity index (χ0) is 27.5. The van der Waals surface area contributed by atoms with Gasteiger partial charge in [-0.3, -0.25) is 0 Å². The van der Waals surface area contributed by atoms with Crippen molar-refractivity contribution in [1.29, 1.82) is 5.26 Å². The number of nitrogens with zero attached hydrogens (tertiary/aromatic N) is 3. The highest BCUT2D eigenvalue weighted by molar-refractivity contribution is 7.91. The van der Waals surface area contributed by atoms with Gasteiger partial charge in [0, 0.05) is 17.4 Å². The Bertz CT molecular complexity index is 1650. The van der Waals surface area contributed by atoms with Crippen LogP contribution < -0.4 is 4.74 Å². The summed E-state index contributed by atoms with van der Waals surface area (Å²) in [6, 6.07) is 16.4. The molecule has 0 aliphatic rings. The lowest BCUT2D eigenvalue weighted by molar-refractivity contribution is -0.136. The highest BCUT2D eigenvalue weighted by atomic mass is 35.5. The van der Waals surface area contributed by atoms with Gasteiger partial charge in [-0.15, -0.1) is 0 Å². The number of aryl methyl sites for hydroxylation is 1. The number of rotatable bonds is 8. The summed E-state index contributed by atoms with van der Waals surface area (Å²) in [5.41, 5.74) is -0.573. The zero-order valence-electron chi connectivity index (χ0n) is 20.1. The van der Waals surface area contributed by atoms with Crippen LogP contribution in [-0.2, 0) is 16.0 Å². The third-order valence-electron chi connectivity index (χ3n) is 5.69. The maximum absolute atomic E-state index is 13.6. The van der Waals surface area contributed by atoms with Crippen molar-refractivity contribution < 1.29 is 26.3 Å². The van der Waals surface area contributed by atoms with Gasteiger partial charge in [0.15, 0.2) is 9.84 Å². The van der Waals surface area contributed by atoms with Crippen molar-refractivity contribution in [3.8, 4) is 28.8 Å². The van der Waals surface area contributed by atoms with Gasteiger partial charge in [-0.25, -0.2) is 18.4 Å². The minimum absolute atomic E-state index is 0.0817. The molecule has 0 fully saturated rings. The van der Waals surface area contributed by atoms with Crippen LogP contribution in [0.5, 0.6) is 11.5 Å². The molecule has 0 radical (unpaired) electrons. The van der Waals surface area contributed by atoms with E-state index in [2.05, 4.69) is 9.97 Å². The van der Waals surface area contributed by atoms with Gasteiger partial charge in [0.25, 0.3) is 0 Å². The van der Waals surface area contributed by atoms with Crippen LogP contribution in [0.2, 0.25) is 5.02 Å². The van der Waals surface area contributed by atoms with Gasteiger partial charge in [0.1, 0.15) is 17.3 Å². The lowest BCUT2D eigenvalue weighted by Gasteiger charge is -2.14. The molecule has 0 aliphatic heterocycles. The Kier molecular flexibility index (Phi) is 7.90. The predicted octanol–water partition coefficient (Wildman–Crippen LogP) is 7.54. The van der Waals surface area contributed by atoms with Gasteiger partial charge in [-0.05, 0) is 62.2 Å². The monoisotopic (exact) mass is 559 g/mol. The fraction of sp³-hybridized carbons (Fsp3) is 0.222. The van der Waals surface area contributed by atoms with Crippen LogP contribution in [0.15, 0.2) is 65.6 Å². The Labute approximate surface area is 222 Å². The minimum Gasteiger partial charge on any atom is -0.457 e. The molecule has 38 heavy (non-hydrogen) atoms. The molecule has 0 saturated heterocycles. The maximum atomic E-state index is 13.6. The summed E-state index contributed by atoms with van der Waals surface area (Å²) in [5.74, 6) is 0.576. The van der Waals surface area contributed by atoms with Gasteiger partial charge < -0.3 is 4.74 Å². The van der Waals surface area contributed by atoms with Gasteiger partial charge in [0.05, 0.1) is 38.5 Å². The van der Waals surface area contributed by atoms with E-state index in [-0.39, 0.29) is 56.0 Å². The Morgan fingerprint density at radius 3 is 2.47 bits per heavy atom. The Morgan fingerprint density at radius 2 is 1.74 bits per heavy atom. The lowest BCUT2D eigenvalue weighted by Crippen LogP contribution is -2.08. The minimum atomic E-state index is -4.60. The van der Waals surface area contributed by atoms with Gasteiger partial charge in [-0.2, -0.15) is 18.4 Å². The van der Waals surface area contributed by atoms with Crippen LogP contribution in [0.3, 0.4) is 0 Å². The average molecular weight is 560 g/mol. The van der Waals surface area contributed by atoms with Gasteiger partial charge in [-0.1, -0.05) is 29.8 Å². The molecule has 3 aromatic carbocycles. The fourth-order valence-electron chi connectivity index (χ4n) is 3.93. The van der Waals surface area contributed by atoms with Crippen molar-refractivity contribution in [1.82, 2.24) is 9.97 Å². The van der Waals surface area contributed by atoms with E-state index in [0.717, 1.165) is 6.07 Å². The van der Waals surface area contributed by atoms with E-state index < -0.39 is 21.6 Å². The first kappa shape index (κ1) is 27.4. The van der Waals surface area contributed by atoms with Crippen LogP contribution in [0.25, 0.3) is 22.2 Å². The number of aromatic nitrogens is 2. The van der Waals surface area contributed by atoms with Crippen LogP contribution in [-0.4, -0.2) is 24.1 Å². The standard InChI is InChI=1S/C27H21ClF3N3O3S/c1-17-33-25(21-9-6-10-23(26(21)34-17)27(29,30)31)22-16-19(11-12-24(22)28)37-18-7-5-8-20(15-18)38(35,36)14-4-2-3-13-32/h5-12,15-16H,2-4,14H2,1H3. The number of hydrogen-bond acceptors (Lipinski definition) is 6. The number of hydrogen-bond donors (Lipinski definition) is 0. The summed E-state index contributed by atoms with van der Waals surface area (Å²) < 4.78 is 72.2. The summed E-state index contributed by atoms with van der Waals surface area (Å²) in [6.07, 6.45) is -3.46. The Balaban J connectivity index is 1.70. The Morgan fingerprint density at radius 1 is 1.00 bits per heavy atom. The van der Waals surface area contributed by atoms with E-state index in [0.29, 0.717) is 18.4 Å². The van der Waals surface area contributed by atoms with Crippen molar-refractivity contribution in [3.63, 3.8) is 0 Å². The highest BCUT2D eigenvalue weighted by Crippen LogP contribution is 2.39. The molecule has 196 valence electrons. The molecule has 0 atom stereocenters. The predicted molar refractivity (Wildman–Crippen MR) is 138 cm³/mol. The van der Waals surface area contributed by atoms with E-state index in [1.807, 2.05) is 6.07 Å². The largest absolute Gasteiger partial charge is 0.457 e. The molecular weight excluding hydrogens is 539 g/mol. The zero-order valence-corrected chi connectivity index (χ0v) is 21.7. The number of nitriles is 1. The molecule has 1 aromatic heterocycles. The third kappa shape index (κ3) is 6.06. The van der Waals surface area contributed by atoms with Crippen LogP contribution in [0.1, 0.15) is 30.7 Å². The molecule has 6 nitrogen and oxygen atoms in total. The molecule has 4 rings (SSSR count). The number of unbranched alkanes of at least 4 members (excludes halogenated alkanes) is 2. The second-order valence-electron chi connectivity index (χ2n) is 8.47. The van der Waals surface area contributed by atoms with Crippen molar-refractivity contribution in [2.24, 2.45) is 0 Å². The first-order valence-corrected chi connectivity index (χ1v) is 13.5. The van der Waals surface area contributed by atoms with E-state index in [4.69, 9.17) is 21.6 Å². The molecule has 4 aromatic rings. The Hall–Kier alpha value is -3.68. The topological polar surface area (TPSA) is 92.9 Å². The average Bonchev–Trinajstić information content (AvgIpc) is 2.86. The van der Waals surface area contributed by atoms with Crippen molar-refractivity contribution in [3.05, 3.63) is 77.1 Å². The second-order valence-corrected chi connectivity index (χ2v) is 11.0. The molecule has 0 aliphatic carbocycles. The number of benzene rings is 3. The molecule has 1 heterocycles. The molecule has 0 amide bonds. The lowest BCUT2D eigenvalue weighted by atomic mass is 10.0. The van der Waals surface area contributed by atoms with Gasteiger partial charge >= 0.3 is 6.18 Å². The molecule has 0 N–H and O–H groups in total. The highest BCUT2D eigenvalue weighted by Gasteiger charge is 2.34. The second kappa shape index (κ2) is 11.0. The summed E-state index contributed by atoms with van der Waals surface area (Å²) in [6.45, 7) is 1.50. The van der Waals surface area contributed by atoms with Crippen LogP contribution in [0.4, 0.5) is 13.2 Å². The first-order valence-electron chi connectivity index (χ1n) is 11.5. The van der Waals surface area contributed by atoms with Gasteiger partial charge in [0.2, 0.25) is 0 Å². The molecule has 11 heteroatoms. The maximum Gasteiger partial charge on any atom is 0.418 e. The van der Waals surface area contributed by atoms with E-state index in [9.17, 15) is 21.6 Å².